The predicted molar refractivity (Wildman–Crippen MR) is 254 cm³/mol. The molecule has 1 saturated heterocycles. The molecule has 6 unspecified atom stereocenters. The van der Waals surface area contributed by atoms with Gasteiger partial charge in [0.2, 0.25) is 6.29 Å². The molecule has 68 heavy (non-hydrogen) atoms. The molecular formula is C52H61N4O12+. The van der Waals surface area contributed by atoms with Gasteiger partial charge in [-0.25, -0.2) is 0 Å². The number of benzene rings is 3. The second-order valence-electron chi connectivity index (χ2n) is 18.4. The van der Waals surface area contributed by atoms with Crippen LogP contribution in [0.3, 0.4) is 0 Å². The van der Waals surface area contributed by atoms with Crippen molar-refractivity contribution < 1.29 is 58.8 Å². The van der Waals surface area contributed by atoms with Crippen molar-refractivity contribution in [2.75, 3.05) is 60.7 Å². The second kappa shape index (κ2) is 20.3. The maximum atomic E-state index is 14.9. The van der Waals surface area contributed by atoms with Crippen LogP contribution in [0.5, 0.6) is 17.2 Å². The third-order valence-electron chi connectivity index (χ3n) is 14.1. The monoisotopic (exact) mass is 933 g/mol. The molecular weight excluding hydrogens is 873 g/mol. The number of hydrogen-bond acceptors (Lipinski definition) is 15. The quantitative estimate of drug-likeness (QED) is 0.0610. The molecule has 0 aromatic heterocycles. The average molecular weight is 934 g/mol. The standard InChI is InChI=1S/C52H60N4O12/c1-53-23-31-11-8-12-33-38(31)25-56(50(33)62)26-40(58)45-35(30-9-4-5-10-30)20-32-21-42(65-3)34-14-16-41(37-24-55-39-15-13-29(19-36(37)39)22-54-17-6-7-18-64-2)66-27-43-46(59)49(61)52(63,28-57)51(67-43)68-48(34)44(32)47(45)60/h8,11-16,19-21,24,30,41,43,46,49,51,53-54,57,59,61,63H,4-7,9-10,17-18,22-23,25-28H2,1-3H3/p+1. The van der Waals surface area contributed by atoms with Crippen molar-refractivity contribution in [2.45, 2.75) is 93.8 Å². The summed E-state index contributed by atoms with van der Waals surface area (Å²) in [5.74, 6) is -1.02. The number of methoxy groups -OCH3 is 2. The van der Waals surface area contributed by atoms with E-state index in [2.05, 4.69) is 17.1 Å². The number of nitrogens with one attached hydrogen (secondary N) is 2. The Hall–Kier alpha value is -5.40. The van der Waals surface area contributed by atoms with E-state index in [1.165, 1.54) is 12.0 Å². The normalized spacial score (nSPS) is 25.7. The molecule has 0 spiro atoms. The van der Waals surface area contributed by atoms with Crippen LogP contribution >= 0.6 is 0 Å². The molecule has 2 fully saturated rings. The van der Waals surface area contributed by atoms with Gasteiger partial charge < -0.3 is 64.8 Å². The molecule has 9 rings (SSSR count). The van der Waals surface area contributed by atoms with Crippen molar-refractivity contribution in [1.29, 1.82) is 0 Å². The number of ether oxygens (including phenoxy) is 5. The Balaban J connectivity index is 1.15. The number of fused-ring (bicyclic) bond motifs is 7. The molecule has 0 radical (unpaired) electrons. The number of unbranched alkanes of at least 4 members (excludes halogenated alkanes) is 1. The fourth-order valence-corrected chi connectivity index (χ4v) is 10.4. The van der Waals surface area contributed by atoms with E-state index in [-0.39, 0.29) is 53.8 Å². The van der Waals surface area contributed by atoms with Gasteiger partial charge in [0.05, 0.1) is 55.2 Å². The van der Waals surface area contributed by atoms with Crippen LogP contribution in [0.1, 0.15) is 87.4 Å². The summed E-state index contributed by atoms with van der Waals surface area (Å²) in [5, 5.41) is 65.3. The Bertz CT molecular complexity index is 2600. The number of aromatic hydroxyl groups is 1. The Morgan fingerprint density at radius 1 is 1.10 bits per heavy atom. The third-order valence-corrected chi connectivity index (χ3v) is 14.1. The van der Waals surface area contributed by atoms with Gasteiger partial charge in [-0.2, -0.15) is 4.99 Å². The molecule has 1 amide bonds. The minimum Gasteiger partial charge on any atom is -0.506 e. The molecule has 7 N–H and O–H groups in total. The van der Waals surface area contributed by atoms with Crippen molar-refractivity contribution in [3.8, 4) is 17.2 Å². The highest BCUT2D eigenvalue weighted by Gasteiger charge is 2.57. The van der Waals surface area contributed by atoms with Crippen LogP contribution in [0.15, 0.2) is 76.0 Å². The zero-order valence-electron chi connectivity index (χ0n) is 38.7. The topological polar surface area (TPSA) is 221 Å². The van der Waals surface area contributed by atoms with Gasteiger partial charge in [0, 0.05) is 63.1 Å². The summed E-state index contributed by atoms with van der Waals surface area (Å²) in [6, 6.07) is 9.14. The number of amides is 1. The van der Waals surface area contributed by atoms with Crippen molar-refractivity contribution in [3.05, 3.63) is 111 Å². The number of allylic oxidation sites excluding steroid dienone is 3. The number of rotatable bonds is 16. The van der Waals surface area contributed by atoms with Crippen LogP contribution in [-0.4, -0.2) is 145 Å². The first-order valence-electron chi connectivity index (χ1n) is 23.5. The van der Waals surface area contributed by atoms with E-state index in [4.69, 9.17) is 28.7 Å². The molecule has 2 bridgehead atoms. The summed E-state index contributed by atoms with van der Waals surface area (Å²) in [5.41, 5.74) is 3.98. The van der Waals surface area contributed by atoms with E-state index >= 15 is 0 Å². The van der Waals surface area contributed by atoms with Crippen LogP contribution in [0.2, 0.25) is 0 Å². The predicted octanol–water partition coefficient (Wildman–Crippen LogP) is 4.16. The fraction of sp³-hybridized carbons (Fsp3) is 0.462. The first-order chi connectivity index (χ1) is 33.0. The molecule has 16 nitrogen and oxygen atoms in total. The van der Waals surface area contributed by atoms with Crippen molar-refractivity contribution in [3.63, 3.8) is 0 Å². The number of aliphatic imine (C=N–C) groups is 1. The lowest BCUT2D eigenvalue weighted by atomic mass is 9.86. The van der Waals surface area contributed by atoms with E-state index in [9.17, 15) is 35.1 Å². The van der Waals surface area contributed by atoms with Crippen molar-refractivity contribution in [2.24, 2.45) is 4.99 Å². The molecule has 4 aliphatic heterocycles. The van der Waals surface area contributed by atoms with E-state index in [0.717, 1.165) is 73.0 Å². The number of carbonyl (C=O) groups excluding carboxylic acids is 2. The van der Waals surface area contributed by atoms with Crippen LogP contribution < -0.4 is 20.1 Å². The van der Waals surface area contributed by atoms with Crippen molar-refractivity contribution >= 4 is 34.8 Å². The molecule has 3 aromatic rings. The highest BCUT2D eigenvalue weighted by atomic mass is 16.7. The first kappa shape index (κ1) is 47.7. The maximum absolute atomic E-state index is 14.9. The molecule has 360 valence electrons. The summed E-state index contributed by atoms with van der Waals surface area (Å²) >= 11 is 0. The number of carbonyl (C=O) groups is 2. The summed E-state index contributed by atoms with van der Waals surface area (Å²) in [4.78, 5) is 34.9. The van der Waals surface area contributed by atoms with Gasteiger partial charge in [-0.3, -0.25) is 9.59 Å². The Morgan fingerprint density at radius 2 is 1.93 bits per heavy atom. The molecule has 1 saturated carbocycles. The molecule has 16 heteroatoms. The number of hydrogen-bond donors (Lipinski definition) is 7. The number of aliphatic hydroxyl groups is 4. The van der Waals surface area contributed by atoms with E-state index in [1.807, 2.05) is 37.4 Å². The van der Waals surface area contributed by atoms with Crippen LogP contribution in [0.4, 0.5) is 0 Å². The van der Waals surface area contributed by atoms with Crippen molar-refractivity contribution in [1.82, 2.24) is 15.5 Å². The highest BCUT2D eigenvalue weighted by Crippen LogP contribution is 2.50. The number of aliphatic hydroxyl groups excluding tert-OH is 3. The molecule has 2 aliphatic carbocycles. The Labute approximate surface area is 395 Å². The van der Waals surface area contributed by atoms with Crippen LogP contribution in [-0.2, 0) is 27.3 Å². The van der Waals surface area contributed by atoms with Gasteiger partial charge >= 0.3 is 0 Å². The summed E-state index contributed by atoms with van der Waals surface area (Å²) in [6.07, 6.45) is 8.88. The zero-order valence-corrected chi connectivity index (χ0v) is 38.7. The highest BCUT2D eigenvalue weighted by molar-refractivity contribution is 6.11. The Kier molecular flexibility index (Phi) is 14.2. The number of ketones is 1. The minimum atomic E-state index is -2.57. The average Bonchev–Trinajstić information content (AvgIpc) is 4.10. The first-order valence-corrected chi connectivity index (χ1v) is 23.5. The lowest BCUT2D eigenvalue weighted by Crippen LogP contribution is -2.69. The molecule has 6 atom stereocenters. The van der Waals surface area contributed by atoms with Crippen LogP contribution in [0, 0.1) is 6.42 Å². The molecule has 6 aliphatic rings. The number of phenols is 1. The number of nitrogens with zero attached hydrogens (tertiary/aromatic N) is 2. The second-order valence-corrected chi connectivity index (χ2v) is 18.4. The Morgan fingerprint density at radius 3 is 2.69 bits per heavy atom. The number of Topliss-reactive ketones (excluding diaryl/α,β-unsaturated/α-hetero) is 1. The van der Waals surface area contributed by atoms with Gasteiger partial charge in [0.25, 0.3) is 5.91 Å². The summed E-state index contributed by atoms with van der Waals surface area (Å²) < 4.78 is 30.6. The largest absolute Gasteiger partial charge is 0.506 e. The van der Waals surface area contributed by atoms with Crippen LogP contribution in [0.25, 0.3) is 16.8 Å². The minimum absolute atomic E-state index is 0.0454. The summed E-state index contributed by atoms with van der Waals surface area (Å²) in [6.45, 7) is 1.24. The third kappa shape index (κ3) is 8.89. The molecule has 3 aromatic carbocycles. The summed E-state index contributed by atoms with van der Waals surface area (Å²) in [7, 11) is 5.01. The SMILES string of the molecule is CNCc1cccc2c1CN(CC(=O)c1c(C3CCCC3)cc3cc(OC)c4c(c3c1O)OC1OC(COC(C3=C5[CH+]C(CNCCCCOC)=CC=C5N=C3)C=C4)C(O)C(O)C1(O)CO)C2=O. The van der Waals surface area contributed by atoms with E-state index < -0.39 is 54.4 Å². The van der Waals surface area contributed by atoms with Gasteiger partial charge in [-0.1, -0.05) is 25.0 Å². The lowest BCUT2D eigenvalue weighted by molar-refractivity contribution is -0.329. The maximum Gasteiger partial charge on any atom is 0.254 e. The lowest BCUT2D eigenvalue weighted by Gasteiger charge is -2.47. The smallest absolute Gasteiger partial charge is 0.254 e. The van der Waals surface area contributed by atoms with Gasteiger partial charge in [-0.05, 0) is 97.6 Å². The van der Waals surface area contributed by atoms with Gasteiger partial charge in [0.1, 0.15) is 47.2 Å². The molecule has 4 heterocycles. The fourth-order valence-electron chi connectivity index (χ4n) is 10.4. The zero-order chi connectivity index (χ0) is 47.7. The number of phenolic OH excluding ortho intramolecular Hbond substituents is 1. The van der Waals surface area contributed by atoms with E-state index in [1.54, 1.807) is 37.6 Å². The van der Waals surface area contributed by atoms with E-state index in [0.29, 0.717) is 47.5 Å². The van der Waals surface area contributed by atoms with Gasteiger partial charge in [-0.15, -0.1) is 0 Å². The van der Waals surface area contributed by atoms with Gasteiger partial charge in [0.15, 0.2) is 17.1 Å².